The van der Waals surface area contributed by atoms with E-state index in [0.29, 0.717) is 6.04 Å². The van der Waals surface area contributed by atoms with Crippen molar-refractivity contribution in [3.63, 3.8) is 0 Å². The van der Waals surface area contributed by atoms with Crippen molar-refractivity contribution in [1.29, 1.82) is 0 Å². The maximum atomic E-state index is 3.69. The lowest BCUT2D eigenvalue weighted by Crippen LogP contribution is -2.35. The summed E-state index contributed by atoms with van der Waals surface area (Å²) in [4.78, 5) is 0. The summed E-state index contributed by atoms with van der Waals surface area (Å²) in [6.07, 6.45) is 7.88. The van der Waals surface area contributed by atoms with Crippen LogP contribution in [-0.2, 0) is 0 Å². The number of rotatable bonds is 6. The van der Waals surface area contributed by atoms with Crippen LogP contribution in [0.3, 0.4) is 0 Å². The molecule has 0 amide bonds. The molecule has 0 aromatic carbocycles. The Kier molecular flexibility index (Phi) is 6.57. The third kappa shape index (κ3) is 4.18. The van der Waals surface area contributed by atoms with E-state index in [1.165, 1.54) is 32.1 Å². The SMILES string of the molecule is CC#CCC(NCCC)C1CCC(CC)C1. The van der Waals surface area contributed by atoms with E-state index < -0.39 is 0 Å². The van der Waals surface area contributed by atoms with Crippen LogP contribution >= 0.6 is 0 Å². The average molecular weight is 221 g/mol. The molecule has 0 radical (unpaired) electrons. The van der Waals surface area contributed by atoms with Gasteiger partial charge in [0.2, 0.25) is 0 Å². The molecule has 16 heavy (non-hydrogen) atoms. The standard InChI is InChI=1S/C15H27N/c1-4-7-8-15(16-11-5-2)14-10-9-13(6-3)12-14/h13-16H,5-6,8-12H2,1-3H3. The normalized spacial score (nSPS) is 26.2. The van der Waals surface area contributed by atoms with Gasteiger partial charge in [-0.3, -0.25) is 0 Å². The predicted molar refractivity (Wildman–Crippen MR) is 71.3 cm³/mol. The second-order valence-electron chi connectivity index (χ2n) is 5.04. The number of nitrogens with one attached hydrogen (secondary N) is 1. The molecular weight excluding hydrogens is 194 g/mol. The average Bonchev–Trinajstić information content (AvgIpc) is 2.78. The summed E-state index contributed by atoms with van der Waals surface area (Å²) < 4.78 is 0. The van der Waals surface area contributed by atoms with Gasteiger partial charge in [0.1, 0.15) is 0 Å². The minimum absolute atomic E-state index is 0.643. The molecule has 0 bridgehead atoms. The topological polar surface area (TPSA) is 12.0 Å². The molecule has 1 N–H and O–H groups in total. The molecule has 92 valence electrons. The van der Waals surface area contributed by atoms with Crippen molar-refractivity contribution in [3.05, 3.63) is 0 Å². The van der Waals surface area contributed by atoms with Crippen LogP contribution in [0.25, 0.3) is 0 Å². The van der Waals surface area contributed by atoms with Gasteiger partial charge in [0.15, 0.2) is 0 Å². The summed E-state index contributed by atoms with van der Waals surface area (Å²) in [5, 5.41) is 3.69. The Morgan fingerprint density at radius 3 is 2.69 bits per heavy atom. The molecule has 3 unspecified atom stereocenters. The molecule has 1 rings (SSSR count). The van der Waals surface area contributed by atoms with Gasteiger partial charge < -0.3 is 5.32 Å². The zero-order valence-electron chi connectivity index (χ0n) is 11.2. The molecule has 1 aliphatic carbocycles. The fraction of sp³-hybridized carbons (Fsp3) is 0.867. The van der Waals surface area contributed by atoms with Gasteiger partial charge in [0.25, 0.3) is 0 Å². The van der Waals surface area contributed by atoms with Crippen molar-refractivity contribution in [1.82, 2.24) is 5.32 Å². The molecule has 1 nitrogen and oxygen atoms in total. The fourth-order valence-electron chi connectivity index (χ4n) is 2.80. The first-order chi connectivity index (χ1) is 7.81. The molecule has 1 saturated carbocycles. The third-order valence-corrected chi connectivity index (χ3v) is 3.88. The molecule has 3 atom stereocenters. The quantitative estimate of drug-likeness (QED) is 0.676. The van der Waals surface area contributed by atoms with Crippen LogP contribution in [0.5, 0.6) is 0 Å². The molecule has 1 aliphatic rings. The van der Waals surface area contributed by atoms with Gasteiger partial charge in [-0.2, -0.15) is 0 Å². The van der Waals surface area contributed by atoms with Crippen molar-refractivity contribution in [2.24, 2.45) is 11.8 Å². The Hall–Kier alpha value is -0.480. The van der Waals surface area contributed by atoms with E-state index in [0.717, 1.165) is 24.8 Å². The minimum Gasteiger partial charge on any atom is -0.313 e. The second-order valence-corrected chi connectivity index (χ2v) is 5.04. The maximum Gasteiger partial charge on any atom is 0.0245 e. The van der Waals surface area contributed by atoms with Crippen molar-refractivity contribution < 1.29 is 0 Å². The first-order valence-electron chi connectivity index (χ1n) is 6.94. The highest BCUT2D eigenvalue weighted by atomic mass is 14.9. The molecular formula is C15H27N. The van der Waals surface area contributed by atoms with Gasteiger partial charge >= 0.3 is 0 Å². The molecule has 1 fully saturated rings. The summed E-state index contributed by atoms with van der Waals surface area (Å²) in [7, 11) is 0. The molecule has 1 heteroatoms. The van der Waals surface area contributed by atoms with Crippen molar-refractivity contribution in [2.75, 3.05) is 6.54 Å². The lowest BCUT2D eigenvalue weighted by molar-refractivity contribution is 0.351. The van der Waals surface area contributed by atoms with Crippen molar-refractivity contribution in [3.8, 4) is 11.8 Å². The smallest absolute Gasteiger partial charge is 0.0245 e. The highest BCUT2D eigenvalue weighted by molar-refractivity contribution is 5.00. The van der Waals surface area contributed by atoms with E-state index >= 15 is 0 Å². The first kappa shape index (κ1) is 13.6. The van der Waals surface area contributed by atoms with E-state index in [1.54, 1.807) is 0 Å². The summed E-state index contributed by atoms with van der Waals surface area (Å²) in [6.45, 7) is 7.65. The van der Waals surface area contributed by atoms with Gasteiger partial charge in [0, 0.05) is 12.5 Å². The fourth-order valence-corrected chi connectivity index (χ4v) is 2.80. The molecule has 0 heterocycles. The third-order valence-electron chi connectivity index (χ3n) is 3.88. The second kappa shape index (κ2) is 7.74. The van der Waals surface area contributed by atoms with Crippen LogP contribution in [0, 0.1) is 23.7 Å². The van der Waals surface area contributed by atoms with Gasteiger partial charge in [-0.15, -0.1) is 11.8 Å². The largest absolute Gasteiger partial charge is 0.313 e. The zero-order chi connectivity index (χ0) is 11.8. The van der Waals surface area contributed by atoms with E-state index in [1.807, 2.05) is 6.92 Å². The summed E-state index contributed by atoms with van der Waals surface area (Å²) in [6, 6.07) is 0.643. The Labute approximate surface area is 101 Å². The molecule has 0 aliphatic heterocycles. The number of hydrogen-bond acceptors (Lipinski definition) is 1. The molecule has 0 aromatic rings. The first-order valence-corrected chi connectivity index (χ1v) is 6.94. The molecule has 0 aromatic heterocycles. The van der Waals surface area contributed by atoms with Gasteiger partial charge in [-0.1, -0.05) is 26.7 Å². The summed E-state index contributed by atoms with van der Waals surface area (Å²) >= 11 is 0. The van der Waals surface area contributed by atoms with Gasteiger partial charge in [-0.25, -0.2) is 0 Å². The van der Waals surface area contributed by atoms with Crippen LogP contribution in [0.2, 0.25) is 0 Å². The van der Waals surface area contributed by atoms with Crippen LogP contribution in [0.4, 0.5) is 0 Å². The van der Waals surface area contributed by atoms with Crippen LogP contribution in [0.1, 0.15) is 59.3 Å². The monoisotopic (exact) mass is 221 g/mol. The van der Waals surface area contributed by atoms with Crippen LogP contribution in [0.15, 0.2) is 0 Å². The maximum absolute atomic E-state index is 3.69. The lowest BCUT2D eigenvalue weighted by Gasteiger charge is -2.23. The molecule has 0 saturated heterocycles. The number of hydrogen-bond donors (Lipinski definition) is 1. The Morgan fingerprint density at radius 1 is 1.31 bits per heavy atom. The highest BCUT2D eigenvalue weighted by Crippen LogP contribution is 2.35. The molecule has 0 spiro atoms. The summed E-state index contributed by atoms with van der Waals surface area (Å²) in [5.41, 5.74) is 0. The van der Waals surface area contributed by atoms with Crippen molar-refractivity contribution >= 4 is 0 Å². The van der Waals surface area contributed by atoms with E-state index in [4.69, 9.17) is 0 Å². The Bertz CT molecular complexity index is 236. The van der Waals surface area contributed by atoms with E-state index in [-0.39, 0.29) is 0 Å². The van der Waals surface area contributed by atoms with Crippen LogP contribution < -0.4 is 5.32 Å². The predicted octanol–water partition coefficient (Wildman–Crippen LogP) is 3.59. The van der Waals surface area contributed by atoms with Gasteiger partial charge in [0.05, 0.1) is 0 Å². The minimum atomic E-state index is 0.643. The summed E-state index contributed by atoms with van der Waals surface area (Å²) in [5.74, 6) is 8.14. The lowest BCUT2D eigenvalue weighted by atomic mass is 9.93. The van der Waals surface area contributed by atoms with E-state index in [2.05, 4.69) is 31.0 Å². The Morgan fingerprint density at radius 2 is 2.12 bits per heavy atom. The highest BCUT2D eigenvalue weighted by Gasteiger charge is 2.28. The Balaban J connectivity index is 2.43. The zero-order valence-corrected chi connectivity index (χ0v) is 11.2. The van der Waals surface area contributed by atoms with Crippen LogP contribution in [-0.4, -0.2) is 12.6 Å². The van der Waals surface area contributed by atoms with E-state index in [9.17, 15) is 0 Å². The van der Waals surface area contributed by atoms with Gasteiger partial charge in [-0.05, 0) is 44.6 Å². The van der Waals surface area contributed by atoms with Crippen molar-refractivity contribution in [2.45, 2.75) is 65.3 Å².